The van der Waals surface area contributed by atoms with Crippen molar-refractivity contribution < 1.29 is 26.1 Å². The van der Waals surface area contributed by atoms with Crippen molar-refractivity contribution in [3.8, 4) is 11.3 Å². The molecule has 5 nitrogen and oxygen atoms in total. The third kappa shape index (κ3) is 2.91. The fourth-order valence-electron chi connectivity index (χ4n) is 3.46. The largest absolute Gasteiger partial charge is 0.452 e. The molecule has 0 aliphatic carbocycles. The number of para-hydroxylation sites is 1. The molecule has 3 heterocycles. The first kappa shape index (κ1) is 19.0. The van der Waals surface area contributed by atoms with Gasteiger partial charge in [-0.1, -0.05) is 23.4 Å². The molecule has 0 saturated heterocycles. The smallest absolute Gasteiger partial charge is 0.351 e. The van der Waals surface area contributed by atoms with E-state index in [1.54, 1.807) is 26.0 Å². The maximum atomic E-state index is 13.5. The first-order valence-corrected chi connectivity index (χ1v) is 10.6. The molecule has 0 spiro atoms. The number of hydrogen-bond donors (Lipinski definition) is 0. The Labute approximate surface area is 163 Å². The number of halogens is 3. The summed E-state index contributed by atoms with van der Waals surface area (Å²) in [4.78, 5) is 1.03. The third-order valence-electron chi connectivity index (χ3n) is 4.64. The highest BCUT2D eigenvalue weighted by Gasteiger charge is 2.39. The van der Waals surface area contributed by atoms with Gasteiger partial charge in [-0.05, 0) is 31.9 Å². The van der Waals surface area contributed by atoms with Crippen molar-refractivity contribution in [3.05, 3.63) is 51.4 Å². The molecule has 1 aromatic carbocycles. The molecule has 0 N–H and O–H groups in total. The number of benzene rings is 1. The summed E-state index contributed by atoms with van der Waals surface area (Å²) < 4.78 is 71.4. The van der Waals surface area contributed by atoms with Gasteiger partial charge in [-0.2, -0.15) is 13.2 Å². The Morgan fingerprint density at radius 1 is 1.18 bits per heavy atom. The number of nitrogens with zero attached hydrogens (tertiary/aromatic N) is 2. The Morgan fingerprint density at radius 2 is 1.89 bits per heavy atom. The van der Waals surface area contributed by atoms with Gasteiger partial charge in [0.2, 0.25) is 5.76 Å². The molecule has 0 unspecified atom stereocenters. The molecule has 1 aliphatic heterocycles. The van der Waals surface area contributed by atoms with Crippen molar-refractivity contribution in [2.45, 2.75) is 31.3 Å². The van der Waals surface area contributed by atoms with Crippen LogP contribution >= 0.6 is 11.3 Å². The van der Waals surface area contributed by atoms with Crippen LogP contribution in [0.4, 0.5) is 18.9 Å². The number of anilines is 1. The molecule has 0 saturated carbocycles. The summed E-state index contributed by atoms with van der Waals surface area (Å²) >= 11 is 1.21. The van der Waals surface area contributed by atoms with Crippen LogP contribution in [0.5, 0.6) is 0 Å². The van der Waals surface area contributed by atoms with Crippen molar-refractivity contribution in [2.24, 2.45) is 0 Å². The summed E-state index contributed by atoms with van der Waals surface area (Å²) in [5.41, 5.74) is 1.53. The first-order valence-electron chi connectivity index (χ1n) is 8.35. The molecule has 28 heavy (non-hydrogen) atoms. The average Bonchev–Trinajstić information content (AvgIpc) is 3.30. The van der Waals surface area contributed by atoms with Crippen LogP contribution in [-0.4, -0.2) is 20.1 Å². The van der Waals surface area contributed by atoms with Gasteiger partial charge in [0, 0.05) is 27.9 Å². The number of alkyl halides is 3. The van der Waals surface area contributed by atoms with E-state index < -0.39 is 22.0 Å². The highest BCUT2D eigenvalue weighted by Crippen LogP contribution is 2.43. The highest BCUT2D eigenvalue weighted by molar-refractivity contribution is 7.93. The van der Waals surface area contributed by atoms with Crippen LogP contribution in [0.15, 0.2) is 39.8 Å². The van der Waals surface area contributed by atoms with E-state index in [0.717, 1.165) is 11.6 Å². The van der Waals surface area contributed by atoms with Crippen molar-refractivity contribution in [3.63, 3.8) is 0 Å². The van der Waals surface area contributed by atoms with Crippen LogP contribution < -0.4 is 4.31 Å². The van der Waals surface area contributed by atoms with Gasteiger partial charge in [-0.15, -0.1) is 11.3 Å². The second-order valence-corrected chi connectivity index (χ2v) is 9.68. The summed E-state index contributed by atoms with van der Waals surface area (Å²) in [7, 11) is -3.99. The van der Waals surface area contributed by atoms with Gasteiger partial charge in [-0.25, -0.2) is 8.42 Å². The van der Waals surface area contributed by atoms with E-state index >= 15 is 0 Å². The summed E-state index contributed by atoms with van der Waals surface area (Å²) in [6.07, 6.45) is -4.12. The lowest BCUT2D eigenvalue weighted by molar-refractivity contribution is -0.155. The van der Waals surface area contributed by atoms with Gasteiger partial charge in [0.05, 0.1) is 5.69 Å². The number of sulfonamides is 1. The molecule has 0 amide bonds. The van der Waals surface area contributed by atoms with E-state index in [0.29, 0.717) is 21.9 Å². The monoisotopic (exact) mass is 428 g/mol. The molecule has 0 atom stereocenters. The number of aromatic nitrogens is 1. The van der Waals surface area contributed by atoms with Crippen molar-refractivity contribution in [2.75, 3.05) is 10.8 Å². The van der Waals surface area contributed by atoms with Gasteiger partial charge in [0.25, 0.3) is 10.0 Å². The lowest BCUT2D eigenvalue weighted by atomic mass is 10.1. The van der Waals surface area contributed by atoms with E-state index in [4.69, 9.17) is 0 Å². The number of thiophene rings is 1. The SMILES string of the molecule is Cc1sc(C)c(S(=O)(=O)N2CCc3ccccc32)c1-c1cc(C(F)(F)F)on1. The van der Waals surface area contributed by atoms with Gasteiger partial charge < -0.3 is 4.52 Å². The van der Waals surface area contributed by atoms with Gasteiger partial charge in [0.15, 0.2) is 0 Å². The van der Waals surface area contributed by atoms with Crippen LogP contribution in [0.3, 0.4) is 0 Å². The van der Waals surface area contributed by atoms with Crippen LogP contribution in [0, 0.1) is 13.8 Å². The molecule has 1 aliphatic rings. The predicted molar refractivity (Wildman–Crippen MR) is 99.0 cm³/mol. The van der Waals surface area contributed by atoms with Crippen molar-refractivity contribution >= 4 is 27.0 Å². The maximum Gasteiger partial charge on any atom is 0.452 e. The summed E-state index contributed by atoms with van der Waals surface area (Å²) in [6.45, 7) is 3.58. The zero-order chi connectivity index (χ0) is 20.3. The quantitative estimate of drug-likeness (QED) is 0.602. The predicted octanol–water partition coefficient (Wildman–Crippen LogP) is 4.79. The molecule has 0 bridgehead atoms. The normalized spacial score (nSPS) is 14.5. The molecule has 2 aromatic heterocycles. The van der Waals surface area contributed by atoms with Gasteiger partial charge in [-0.3, -0.25) is 4.31 Å². The van der Waals surface area contributed by atoms with E-state index in [1.807, 2.05) is 12.1 Å². The van der Waals surface area contributed by atoms with Crippen molar-refractivity contribution in [1.29, 1.82) is 0 Å². The molecular weight excluding hydrogens is 413 g/mol. The highest BCUT2D eigenvalue weighted by atomic mass is 32.2. The molecule has 10 heteroatoms. The second kappa shape index (κ2) is 6.35. The fraction of sp³-hybridized carbons (Fsp3) is 0.278. The topological polar surface area (TPSA) is 63.4 Å². The molecule has 0 fully saturated rings. The van der Waals surface area contributed by atoms with E-state index in [2.05, 4.69) is 9.68 Å². The van der Waals surface area contributed by atoms with E-state index in [-0.39, 0.29) is 22.7 Å². The van der Waals surface area contributed by atoms with Crippen LogP contribution in [-0.2, 0) is 22.6 Å². The number of hydrogen-bond acceptors (Lipinski definition) is 5. The Balaban J connectivity index is 1.87. The number of aryl methyl sites for hydroxylation is 2. The van der Waals surface area contributed by atoms with Gasteiger partial charge >= 0.3 is 6.18 Å². The lowest BCUT2D eigenvalue weighted by Gasteiger charge is -2.20. The first-order chi connectivity index (χ1) is 13.1. The molecule has 0 radical (unpaired) electrons. The minimum Gasteiger partial charge on any atom is -0.351 e. The van der Waals surface area contributed by atoms with Crippen LogP contribution in [0.2, 0.25) is 0 Å². The van der Waals surface area contributed by atoms with Crippen molar-refractivity contribution in [1.82, 2.24) is 5.16 Å². The minimum absolute atomic E-state index is 0.0197. The minimum atomic E-state index is -4.70. The maximum absolute atomic E-state index is 13.5. The van der Waals surface area contributed by atoms with Gasteiger partial charge in [0.1, 0.15) is 10.6 Å². The third-order valence-corrected chi connectivity index (χ3v) is 7.78. The Kier molecular flexibility index (Phi) is 4.31. The summed E-state index contributed by atoms with van der Waals surface area (Å²) in [5.74, 6) is -1.26. The van der Waals surface area contributed by atoms with Crippen LogP contribution in [0.1, 0.15) is 21.1 Å². The summed E-state index contributed by atoms with van der Waals surface area (Å²) in [5, 5.41) is 3.50. The standard InChI is InChI=1S/C18H15F3N2O3S2/c1-10-16(13-9-15(26-22-13)18(19,20)21)17(11(2)27-10)28(24,25)23-8-7-12-5-3-4-6-14(12)23/h3-6,9H,7-8H2,1-2H3. The molecule has 148 valence electrons. The van der Waals surface area contributed by atoms with Crippen LogP contribution in [0.25, 0.3) is 11.3 Å². The zero-order valence-corrected chi connectivity index (χ0v) is 16.5. The zero-order valence-electron chi connectivity index (χ0n) is 14.9. The Morgan fingerprint density at radius 3 is 2.57 bits per heavy atom. The molecular formula is C18H15F3N2O3S2. The number of rotatable bonds is 3. The fourth-order valence-corrected chi connectivity index (χ4v) is 6.80. The van der Waals surface area contributed by atoms with E-state index in [9.17, 15) is 21.6 Å². The Bertz CT molecular complexity index is 1160. The second-order valence-electron chi connectivity index (χ2n) is 6.45. The lowest BCUT2D eigenvalue weighted by Crippen LogP contribution is -2.29. The average molecular weight is 428 g/mol. The number of fused-ring (bicyclic) bond motifs is 1. The van der Waals surface area contributed by atoms with E-state index in [1.165, 1.54) is 15.6 Å². The Hall–Kier alpha value is -2.33. The molecule has 4 rings (SSSR count). The molecule has 3 aromatic rings. The summed E-state index contributed by atoms with van der Waals surface area (Å²) in [6, 6.07) is 7.93.